The first-order chi connectivity index (χ1) is 8.58. The molecule has 0 unspecified atom stereocenters. The third-order valence-corrected chi connectivity index (χ3v) is 3.68. The number of rotatable bonds is 4. The van der Waals surface area contributed by atoms with Crippen molar-refractivity contribution in [1.29, 1.82) is 0 Å². The summed E-state index contributed by atoms with van der Waals surface area (Å²) in [7, 11) is 0. The monoisotopic (exact) mass is 283 g/mol. The Bertz CT molecular complexity index is 582. The molecule has 0 aliphatic rings. The van der Waals surface area contributed by atoms with E-state index >= 15 is 0 Å². The number of pyridine rings is 1. The molecule has 18 heavy (non-hydrogen) atoms. The lowest BCUT2D eigenvalue weighted by Gasteiger charge is -2.00. The second-order valence-corrected chi connectivity index (χ2v) is 4.98. The molecular formula is C12H10ClNO3S. The Morgan fingerprint density at radius 1 is 1.61 bits per heavy atom. The van der Waals surface area contributed by atoms with Crippen molar-refractivity contribution in [3.8, 4) is 0 Å². The van der Waals surface area contributed by atoms with Gasteiger partial charge in [0.1, 0.15) is 10.8 Å². The van der Waals surface area contributed by atoms with Gasteiger partial charge in [0.25, 0.3) is 0 Å². The Morgan fingerprint density at radius 3 is 3.00 bits per heavy atom. The van der Waals surface area contributed by atoms with Crippen LogP contribution in [0.1, 0.15) is 21.9 Å². The van der Waals surface area contributed by atoms with Gasteiger partial charge in [-0.1, -0.05) is 23.4 Å². The van der Waals surface area contributed by atoms with Crippen LogP contribution < -0.4 is 0 Å². The minimum absolute atomic E-state index is 0.0160. The van der Waals surface area contributed by atoms with Crippen LogP contribution in [0.2, 0.25) is 5.02 Å². The molecule has 0 saturated carbocycles. The summed E-state index contributed by atoms with van der Waals surface area (Å²) in [5, 5.41) is 10.1. The summed E-state index contributed by atoms with van der Waals surface area (Å²) < 4.78 is 5.25. The minimum atomic E-state index is -1.06. The summed E-state index contributed by atoms with van der Waals surface area (Å²) in [6.45, 7) is 1.70. The summed E-state index contributed by atoms with van der Waals surface area (Å²) in [5.41, 5.74) is 0.616. The molecule has 1 N–H and O–H groups in total. The number of carbonyl (C=O) groups is 1. The van der Waals surface area contributed by atoms with E-state index in [1.54, 1.807) is 31.3 Å². The first-order valence-corrected chi connectivity index (χ1v) is 6.50. The maximum Gasteiger partial charge on any atom is 0.372 e. The lowest BCUT2D eigenvalue weighted by molar-refractivity contribution is 0.0659. The number of carboxylic acids is 1. The lowest BCUT2D eigenvalue weighted by Crippen LogP contribution is -1.94. The van der Waals surface area contributed by atoms with E-state index in [2.05, 4.69) is 4.98 Å². The fourth-order valence-corrected chi connectivity index (χ4v) is 2.50. The van der Waals surface area contributed by atoms with Crippen LogP contribution >= 0.6 is 23.4 Å². The van der Waals surface area contributed by atoms with Gasteiger partial charge in [-0.2, -0.15) is 0 Å². The van der Waals surface area contributed by atoms with E-state index in [9.17, 15) is 4.79 Å². The number of aromatic carboxylic acids is 1. The van der Waals surface area contributed by atoms with Gasteiger partial charge in [0.15, 0.2) is 0 Å². The average Bonchev–Trinajstić information content (AvgIpc) is 2.70. The van der Waals surface area contributed by atoms with Crippen molar-refractivity contribution in [2.75, 3.05) is 0 Å². The van der Waals surface area contributed by atoms with E-state index in [4.69, 9.17) is 21.1 Å². The number of aryl methyl sites for hydroxylation is 1. The summed E-state index contributed by atoms with van der Waals surface area (Å²) in [4.78, 5) is 15.0. The highest BCUT2D eigenvalue weighted by molar-refractivity contribution is 7.98. The van der Waals surface area contributed by atoms with E-state index in [-0.39, 0.29) is 5.76 Å². The van der Waals surface area contributed by atoms with Crippen molar-refractivity contribution >= 4 is 29.3 Å². The van der Waals surface area contributed by atoms with Crippen LogP contribution in [0.25, 0.3) is 0 Å². The molecule has 0 saturated heterocycles. The maximum absolute atomic E-state index is 10.8. The SMILES string of the molecule is Cc1cc(CSc2ncccc2Cl)oc1C(=O)O. The molecule has 0 aliphatic heterocycles. The average molecular weight is 284 g/mol. The van der Waals surface area contributed by atoms with Gasteiger partial charge >= 0.3 is 5.97 Å². The molecule has 0 radical (unpaired) electrons. The molecule has 2 rings (SSSR count). The molecule has 0 aliphatic carbocycles. The third-order valence-electron chi connectivity index (χ3n) is 2.24. The molecule has 0 bridgehead atoms. The zero-order valence-corrected chi connectivity index (χ0v) is 11.1. The number of halogens is 1. The van der Waals surface area contributed by atoms with Crippen molar-refractivity contribution in [1.82, 2.24) is 4.98 Å². The van der Waals surface area contributed by atoms with E-state index < -0.39 is 5.97 Å². The van der Waals surface area contributed by atoms with Crippen LogP contribution in [0.5, 0.6) is 0 Å². The fraction of sp³-hybridized carbons (Fsp3) is 0.167. The molecule has 6 heteroatoms. The summed E-state index contributed by atoms with van der Waals surface area (Å²) >= 11 is 7.37. The Labute approximate surface area is 113 Å². The van der Waals surface area contributed by atoms with Crippen LogP contribution in [-0.2, 0) is 5.75 Å². The molecule has 0 aromatic carbocycles. The Morgan fingerprint density at radius 2 is 2.39 bits per heavy atom. The maximum atomic E-state index is 10.8. The first-order valence-electron chi connectivity index (χ1n) is 5.14. The van der Waals surface area contributed by atoms with Crippen molar-refractivity contribution in [3.05, 3.63) is 46.5 Å². The predicted octanol–water partition coefficient (Wildman–Crippen LogP) is 3.63. The molecule has 0 amide bonds. The van der Waals surface area contributed by atoms with Gasteiger partial charge in [-0.25, -0.2) is 9.78 Å². The van der Waals surface area contributed by atoms with Crippen LogP contribution in [-0.4, -0.2) is 16.1 Å². The van der Waals surface area contributed by atoms with Gasteiger partial charge in [0.2, 0.25) is 5.76 Å². The van der Waals surface area contributed by atoms with Crippen LogP contribution in [0.3, 0.4) is 0 Å². The van der Waals surface area contributed by atoms with Crippen molar-refractivity contribution in [2.24, 2.45) is 0 Å². The van der Waals surface area contributed by atoms with Gasteiger partial charge in [0, 0.05) is 11.8 Å². The molecule has 4 nitrogen and oxygen atoms in total. The van der Waals surface area contributed by atoms with E-state index in [1.807, 2.05) is 0 Å². The molecule has 2 heterocycles. The highest BCUT2D eigenvalue weighted by atomic mass is 35.5. The van der Waals surface area contributed by atoms with E-state index in [0.29, 0.717) is 27.1 Å². The number of hydrogen-bond donors (Lipinski definition) is 1. The zero-order chi connectivity index (χ0) is 13.1. The molecule has 0 fully saturated rings. The molecule has 0 spiro atoms. The Kier molecular flexibility index (Phi) is 3.93. The second kappa shape index (κ2) is 5.46. The van der Waals surface area contributed by atoms with Crippen LogP contribution in [0, 0.1) is 6.92 Å². The number of nitrogens with zero attached hydrogens (tertiary/aromatic N) is 1. The van der Waals surface area contributed by atoms with Gasteiger partial charge in [-0.15, -0.1) is 0 Å². The Balaban J connectivity index is 2.09. The number of carboxylic acid groups (broad SMARTS) is 1. The zero-order valence-electron chi connectivity index (χ0n) is 9.51. The number of furan rings is 1. The number of thioether (sulfide) groups is 1. The lowest BCUT2D eigenvalue weighted by atomic mass is 10.3. The smallest absolute Gasteiger partial charge is 0.372 e. The Hall–Kier alpha value is -1.46. The quantitative estimate of drug-likeness (QED) is 0.868. The van der Waals surface area contributed by atoms with Gasteiger partial charge < -0.3 is 9.52 Å². The largest absolute Gasteiger partial charge is 0.475 e. The predicted molar refractivity (Wildman–Crippen MR) is 69.2 cm³/mol. The highest BCUT2D eigenvalue weighted by Crippen LogP contribution is 2.28. The number of aromatic nitrogens is 1. The van der Waals surface area contributed by atoms with Crippen molar-refractivity contribution < 1.29 is 14.3 Å². The summed E-state index contributed by atoms with van der Waals surface area (Å²) in [5.74, 6) is 0.0131. The van der Waals surface area contributed by atoms with Gasteiger partial charge in [-0.05, 0) is 25.1 Å². The molecule has 94 valence electrons. The first kappa shape index (κ1) is 13.0. The molecule has 2 aromatic heterocycles. The van der Waals surface area contributed by atoms with Gasteiger partial charge in [0.05, 0.1) is 10.8 Å². The topological polar surface area (TPSA) is 63.3 Å². The fourth-order valence-electron chi connectivity index (χ4n) is 1.45. The van der Waals surface area contributed by atoms with Gasteiger partial charge in [-0.3, -0.25) is 0 Å². The van der Waals surface area contributed by atoms with Crippen molar-refractivity contribution in [3.63, 3.8) is 0 Å². The summed E-state index contributed by atoms with van der Waals surface area (Å²) in [6, 6.07) is 5.23. The van der Waals surface area contributed by atoms with E-state index in [0.717, 1.165) is 0 Å². The normalized spacial score (nSPS) is 10.6. The highest BCUT2D eigenvalue weighted by Gasteiger charge is 2.14. The van der Waals surface area contributed by atoms with Crippen LogP contribution in [0.4, 0.5) is 0 Å². The third kappa shape index (κ3) is 2.86. The van der Waals surface area contributed by atoms with E-state index in [1.165, 1.54) is 11.8 Å². The van der Waals surface area contributed by atoms with Crippen molar-refractivity contribution in [2.45, 2.75) is 17.7 Å². The van der Waals surface area contributed by atoms with Crippen LogP contribution in [0.15, 0.2) is 33.8 Å². The molecule has 0 atom stereocenters. The second-order valence-electron chi connectivity index (χ2n) is 3.61. The summed E-state index contributed by atoms with van der Waals surface area (Å²) in [6.07, 6.45) is 1.66. The standard InChI is InChI=1S/C12H10ClNO3S/c1-7-5-8(17-10(7)12(15)16)6-18-11-9(13)3-2-4-14-11/h2-5H,6H2,1H3,(H,15,16). The molecule has 2 aromatic rings. The molecular weight excluding hydrogens is 274 g/mol. The number of hydrogen-bond acceptors (Lipinski definition) is 4. The minimum Gasteiger partial charge on any atom is -0.475 e.